The van der Waals surface area contributed by atoms with Gasteiger partial charge in [-0.25, -0.2) is 0 Å². The number of aryl methyl sites for hydroxylation is 2. The monoisotopic (exact) mass is 268 g/mol. The summed E-state index contributed by atoms with van der Waals surface area (Å²) < 4.78 is 0. The number of rotatable bonds is 3. The van der Waals surface area contributed by atoms with Gasteiger partial charge in [0.05, 0.1) is 6.54 Å². The number of aliphatic imine (C=N–C) groups is 1. The first kappa shape index (κ1) is 13.0. The zero-order chi connectivity index (χ0) is 12.3. The lowest BCUT2D eigenvalue weighted by atomic mass is 10.2. The summed E-state index contributed by atoms with van der Waals surface area (Å²) in [4.78, 5) is 7.47. The van der Waals surface area contributed by atoms with E-state index in [2.05, 4.69) is 37.1 Å². The van der Waals surface area contributed by atoms with Gasteiger partial charge in [-0.1, -0.05) is 18.7 Å². The van der Waals surface area contributed by atoms with Crippen LogP contribution in [0.5, 0.6) is 0 Å². The van der Waals surface area contributed by atoms with Crippen molar-refractivity contribution in [1.29, 1.82) is 0 Å². The highest BCUT2D eigenvalue weighted by atomic mass is 32.2. The number of thioether (sulfide) groups is 1. The Balaban J connectivity index is 1.95. The molecule has 0 bridgehead atoms. The van der Waals surface area contributed by atoms with Crippen molar-refractivity contribution < 1.29 is 0 Å². The van der Waals surface area contributed by atoms with Crippen LogP contribution in [0.1, 0.15) is 35.1 Å². The Kier molecular flexibility index (Phi) is 4.51. The Labute approximate surface area is 112 Å². The molecule has 1 aromatic heterocycles. The number of thiophene rings is 1. The molecule has 17 heavy (non-hydrogen) atoms. The van der Waals surface area contributed by atoms with Crippen molar-refractivity contribution in [3.63, 3.8) is 0 Å². The van der Waals surface area contributed by atoms with E-state index in [1.54, 1.807) is 0 Å². The third kappa shape index (κ3) is 3.49. The van der Waals surface area contributed by atoms with E-state index in [0.29, 0.717) is 6.04 Å². The van der Waals surface area contributed by atoms with Gasteiger partial charge < -0.3 is 5.32 Å². The molecule has 0 amide bonds. The minimum atomic E-state index is 0.627. The molecular weight excluding hydrogens is 248 g/mol. The highest BCUT2D eigenvalue weighted by Gasteiger charge is 2.15. The minimum Gasteiger partial charge on any atom is -0.362 e. The van der Waals surface area contributed by atoms with E-state index in [1.165, 1.54) is 33.9 Å². The smallest absolute Gasteiger partial charge is 0.157 e. The summed E-state index contributed by atoms with van der Waals surface area (Å²) in [6, 6.07) is 2.89. The Morgan fingerprint density at radius 3 is 2.94 bits per heavy atom. The van der Waals surface area contributed by atoms with Crippen molar-refractivity contribution in [3.05, 3.63) is 21.4 Å². The maximum absolute atomic E-state index is 4.68. The number of nitrogens with zero attached hydrogens (tertiary/aromatic N) is 1. The van der Waals surface area contributed by atoms with Crippen LogP contribution in [0.4, 0.5) is 0 Å². The Hall–Kier alpha value is -0.480. The number of nitrogens with one attached hydrogen (secondary N) is 1. The SMILES string of the molecule is CCC1CCSC(=NCc2cc(C)c(C)s2)N1. The van der Waals surface area contributed by atoms with E-state index in [4.69, 9.17) is 0 Å². The molecule has 0 saturated carbocycles. The van der Waals surface area contributed by atoms with Crippen LogP contribution in [0.15, 0.2) is 11.1 Å². The molecule has 1 aromatic rings. The summed E-state index contributed by atoms with van der Waals surface area (Å²) >= 11 is 3.72. The third-order valence-corrected chi connectivity index (χ3v) is 5.22. The van der Waals surface area contributed by atoms with Gasteiger partial charge in [-0.3, -0.25) is 4.99 Å². The molecule has 0 aromatic carbocycles. The molecule has 1 aliphatic rings. The van der Waals surface area contributed by atoms with Crippen molar-refractivity contribution in [2.24, 2.45) is 4.99 Å². The van der Waals surface area contributed by atoms with E-state index >= 15 is 0 Å². The molecule has 2 rings (SSSR count). The average Bonchev–Trinajstić information content (AvgIpc) is 2.67. The highest BCUT2D eigenvalue weighted by Crippen LogP contribution is 2.22. The van der Waals surface area contributed by atoms with Crippen molar-refractivity contribution in [2.45, 2.75) is 46.2 Å². The van der Waals surface area contributed by atoms with Crippen LogP contribution >= 0.6 is 23.1 Å². The van der Waals surface area contributed by atoms with Gasteiger partial charge in [-0.15, -0.1) is 11.3 Å². The maximum atomic E-state index is 4.68. The van der Waals surface area contributed by atoms with E-state index in [1.807, 2.05) is 23.1 Å². The van der Waals surface area contributed by atoms with E-state index in [0.717, 1.165) is 11.7 Å². The van der Waals surface area contributed by atoms with Gasteiger partial charge in [0.2, 0.25) is 0 Å². The summed E-state index contributed by atoms with van der Waals surface area (Å²) in [5.74, 6) is 1.20. The molecule has 1 fully saturated rings. The van der Waals surface area contributed by atoms with Crippen molar-refractivity contribution in [2.75, 3.05) is 5.75 Å². The first-order valence-corrected chi connectivity index (χ1v) is 7.99. The van der Waals surface area contributed by atoms with Gasteiger partial charge in [0, 0.05) is 21.5 Å². The standard InChI is InChI=1S/C13H20N2S2/c1-4-11-5-6-16-13(15-11)14-8-12-7-9(2)10(3)17-12/h7,11H,4-6,8H2,1-3H3,(H,14,15). The lowest BCUT2D eigenvalue weighted by Gasteiger charge is -2.24. The molecule has 4 heteroatoms. The van der Waals surface area contributed by atoms with Crippen molar-refractivity contribution in [3.8, 4) is 0 Å². The molecule has 0 spiro atoms. The fourth-order valence-corrected chi connectivity index (χ4v) is 3.84. The van der Waals surface area contributed by atoms with Gasteiger partial charge in [-0.2, -0.15) is 0 Å². The molecule has 2 heterocycles. The molecule has 1 unspecified atom stereocenters. The molecule has 0 radical (unpaired) electrons. The van der Waals surface area contributed by atoms with E-state index < -0.39 is 0 Å². The van der Waals surface area contributed by atoms with Crippen LogP contribution in [-0.2, 0) is 6.54 Å². The topological polar surface area (TPSA) is 24.4 Å². The predicted molar refractivity (Wildman–Crippen MR) is 79.2 cm³/mol. The molecular formula is C13H20N2S2. The van der Waals surface area contributed by atoms with Crippen LogP contribution in [-0.4, -0.2) is 17.0 Å². The molecule has 1 N–H and O–H groups in total. The second kappa shape index (κ2) is 5.91. The molecule has 94 valence electrons. The van der Waals surface area contributed by atoms with Gasteiger partial charge in [0.25, 0.3) is 0 Å². The fourth-order valence-electron chi connectivity index (χ4n) is 1.86. The molecule has 0 aliphatic carbocycles. The molecule has 1 saturated heterocycles. The van der Waals surface area contributed by atoms with Crippen LogP contribution in [0, 0.1) is 13.8 Å². The van der Waals surface area contributed by atoms with Gasteiger partial charge in [0.1, 0.15) is 0 Å². The zero-order valence-corrected chi connectivity index (χ0v) is 12.4. The molecule has 2 nitrogen and oxygen atoms in total. The summed E-state index contributed by atoms with van der Waals surface area (Å²) in [5, 5.41) is 4.64. The lowest BCUT2D eigenvalue weighted by Crippen LogP contribution is -2.37. The predicted octanol–water partition coefficient (Wildman–Crippen LogP) is 3.73. The van der Waals surface area contributed by atoms with Crippen LogP contribution < -0.4 is 5.32 Å². The minimum absolute atomic E-state index is 0.627. The van der Waals surface area contributed by atoms with Gasteiger partial charge >= 0.3 is 0 Å². The average molecular weight is 268 g/mol. The number of amidine groups is 1. The Bertz CT molecular complexity index is 390. The summed E-state index contributed by atoms with van der Waals surface area (Å²) in [5.41, 5.74) is 1.39. The van der Waals surface area contributed by atoms with Crippen molar-refractivity contribution in [1.82, 2.24) is 5.32 Å². The number of hydrogen-bond acceptors (Lipinski definition) is 3. The second-order valence-corrected chi connectivity index (χ2v) is 6.88. The Morgan fingerprint density at radius 1 is 1.47 bits per heavy atom. The number of hydrogen-bond donors (Lipinski definition) is 1. The summed E-state index contributed by atoms with van der Waals surface area (Å²) in [7, 11) is 0. The van der Waals surface area contributed by atoms with Crippen molar-refractivity contribution >= 4 is 28.3 Å². The molecule has 1 aliphatic heterocycles. The highest BCUT2D eigenvalue weighted by molar-refractivity contribution is 8.13. The first-order valence-electron chi connectivity index (χ1n) is 6.18. The van der Waals surface area contributed by atoms with Gasteiger partial charge in [-0.05, 0) is 38.3 Å². The van der Waals surface area contributed by atoms with Gasteiger partial charge in [0.15, 0.2) is 5.17 Å². The second-order valence-electron chi connectivity index (χ2n) is 4.46. The van der Waals surface area contributed by atoms with E-state index in [9.17, 15) is 0 Å². The van der Waals surface area contributed by atoms with Crippen LogP contribution in [0.2, 0.25) is 0 Å². The fraction of sp³-hybridized carbons (Fsp3) is 0.615. The first-order chi connectivity index (χ1) is 8.19. The van der Waals surface area contributed by atoms with E-state index in [-0.39, 0.29) is 0 Å². The largest absolute Gasteiger partial charge is 0.362 e. The summed E-state index contributed by atoms with van der Waals surface area (Å²) in [6.45, 7) is 7.41. The van der Waals surface area contributed by atoms with Crippen LogP contribution in [0.25, 0.3) is 0 Å². The zero-order valence-electron chi connectivity index (χ0n) is 10.7. The normalized spacial score (nSPS) is 22.8. The molecule has 1 atom stereocenters. The third-order valence-electron chi connectivity index (χ3n) is 3.12. The summed E-state index contributed by atoms with van der Waals surface area (Å²) in [6.07, 6.45) is 2.45. The maximum Gasteiger partial charge on any atom is 0.157 e. The lowest BCUT2D eigenvalue weighted by molar-refractivity contribution is 0.571. The Morgan fingerprint density at radius 2 is 2.29 bits per heavy atom. The van der Waals surface area contributed by atoms with Crippen LogP contribution in [0.3, 0.4) is 0 Å². The quantitative estimate of drug-likeness (QED) is 0.903.